The van der Waals surface area contributed by atoms with E-state index in [0.29, 0.717) is 26.2 Å². The SMILES string of the molecule is CCNC(=NCCOCC1CC1)NC1CCN(c2c(F)cccc2F)C1.I. The van der Waals surface area contributed by atoms with Crippen LogP contribution in [-0.4, -0.2) is 51.4 Å². The molecule has 152 valence electrons. The second-order valence-electron chi connectivity index (χ2n) is 6.93. The van der Waals surface area contributed by atoms with E-state index in [4.69, 9.17) is 4.74 Å². The number of guanidine groups is 1. The molecule has 2 fully saturated rings. The molecule has 2 aliphatic rings. The maximum Gasteiger partial charge on any atom is 0.191 e. The van der Waals surface area contributed by atoms with Crippen molar-refractivity contribution in [2.24, 2.45) is 10.9 Å². The van der Waals surface area contributed by atoms with E-state index >= 15 is 0 Å². The molecule has 1 aromatic rings. The summed E-state index contributed by atoms with van der Waals surface area (Å²) in [6, 6.07) is 4.08. The monoisotopic (exact) mass is 494 g/mol. The summed E-state index contributed by atoms with van der Waals surface area (Å²) in [5.74, 6) is 0.454. The molecular formula is C19H29F2IN4O. The van der Waals surface area contributed by atoms with Crippen LogP contribution in [-0.2, 0) is 4.74 Å². The second kappa shape index (κ2) is 11.0. The Morgan fingerprint density at radius 2 is 2.00 bits per heavy atom. The number of anilines is 1. The van der Waals surface area contributed by atoms with Crippen LogP contribution >= 0.6 is 24.0 Å². The first-order valence-corrected chi connectivity index (χ1v) is 9.49. The zero-order chi connectivity index (χ0) is 18.4. The van der Waals surface area contributed by atoms with Crippen LogP contribution in [0.15, 0.2) is 23.2 Å². The number of para-hydroxylation sites is 1. The first-order chi connectivity index (χ1) is 12.7. The molecule has 1 saturated heterocycles. The normalized spacial score (nSPS) is 19.7. The molecule has 1 aliphatic heterocycles. The third kappa shape index (κ3) is 6.74. The van der Waals surface area contributed by atoms with E-state index in [1.54, 1.807) is 4.90 Å². The summed E-state index contributed by atoms with van der Waals surface area (Å²) >= 11 is 0. The van der Waals surface area contributed by atoms with E-state index in [0.717, 1.165) is 31.4 Å². The van der Waals surface area contributed by atoms with Crippen molar-refractivity contribution in [3.63, 3.8) is 0 Å². The van der Waals surface area contributed by atoms with E-state index in [-0.39, 0.29) is 35.7 Å². The molecule has 3 rings (SSSR count). The van der Waals surface area contributed by atoms with Crippen LogP contribution in [0.5, 0.6) is 0 Å². The Kier molecular flexibility index (Phi) is 9.01. The molecule has 8 heteroatoms. The van der Waals surface area contributed by atoms with Crippen molar-refractivity contribution in [3.05, 3.63) is 29.8 Å². The van der Waals surface area contributed by atoms with E-state index in [2.05, 4.69) is 15.6 Å². The van der Waals surface area contributed by atoms with Gasteiger partial charge in [-0.1, -0.05) is 6.07 Å². The number of aliphatic imine (C=N–C) groups is 1. The molecule has 0 spiro atoms. The number of nitrogens with one attached hydrogen (secondary N) is 2. The lowest BCUT2D eigenvalue weighted by Gasteiger charge is -2.21. The van der Waals surface area contributed by atoms with Gasteiger partial charge in [0.1, 0.15) is 17.3 Å². The molecule has 1 aromatic carbocycles. The standard InChI is InChI=1S/C19H28F2N4O.HI/c1-2-22-19(23-9-11-26-13-14-6-7-14)24-15-8-10-25(12-15)18-16(20)4-3-5-17(18)21;/h3-5,14-15H,2,6-13H2,1H3,(H2,22,23,24);1H. The predicted octanol–water partition coefficient (Wildman–Crippen LogP) is 3.14. The lowest BCUT2D eigenvalue weighted by Crippen LogP contribution is -2.44. The minimum Gasteiger partial charge on any atom is -0.379 e. The van der Waals surface area contributed by atoms with Crippen LogP contribution in [0.25, 0.3) is 0 Å². The Bertz CT molecular complexity index is 607. The highest BCUT2D eigenvalue weighted by atomic mass is 127. The van der Waals surface area contributed by atoms with Crippen molar-refractivity contribution < 1.29 is 13.5 Å². The summed E-state index contributed by atoms with van der Waals surface area (Å²) in [5, 5.41) is 6.58. The van der Waals surface area contributed by atoms with Crippen molar-refractivity contribution in [1.29, 1.82) is 0 Å². The van der Waals surface area contributed by atoms with E-state index in [1.165, 1.54) is 31.0 Å². The molecule has 0 radical (unpaired) electrons. The van der Waals surface area contributed by atoms with Crippen LogP contribution in [0.1, 0.15) is 26.2 Å². The van der Waals surface area contributed by atoms with Crippen molar-refractivity contribution in [1.82, 2.24) is 10.6 Å². The second-order valence-corrected chi connectivity index (χ2v) is 6.93. The molecule has 2 N–H and O–H groups in total. The summed E-state index contributed by atoms with van der Waals surface area (Å²) in [6.45, 7) is 5.97. The number of nitrogens with zero attached hydrogens (tertiary/aromatic N) is 2. The fourth-order valence-electron chi connectivity index (χ4n) is 3.14. The fraction of sp³-hybridized carbons (Fsp3) is 0.632. The Morgan fingerprint density at radius 1 is 1.26 bits per heavy atom. The van der Waals surface area contributed by atoms with Crippen LogP contribution < -0.4 is 15.5 Å². The van der Waals surface area contributed by atoms with E-state index in [9.17, 15) is 8.78 Å². The Labute approximate surface area is 177 Å². The largest absolute Gasteiger partial charge is 0.379 e. The summed E-state index contributed by atoms with van der Waals surface area (Å²) in [4.78, 5) is 6.28. The van der Waals surface area contributed by atoms with Gasteiger partial charge in [0.2, 0.25) is 0 Å². The average molecular weight is 494 g/mol. The zero-order valence-corrected chi connectivity index (χ0v) is 18.0. The first-order valence-electron chi connectivity index (χ1n) is 9.49. The molecule has 0 amide bonds. The number of hydrogen-bond donors (Lipinski definition) is 2. The number of rotatable bonds is 8. The zero-order valence-electron chi connectivity index (χ0n) is 15.7. The van der Waals surface area contributed by atoms with Crippen molar-refractivity contribution >= 4 is 35.6 Å². The molecule has 0 aromatic heterocycles. The van der Waals surface area contributed by atoms with Crippen LogP contribution in [0.2, 0.25) is 0 Å². The minimum absolute atomic E-state index is 0. The maximum absolute atomic E-state index is 14.0. The van der Waals surface area contributed by atoms with Crippen LogP contribution in [0, 0.1) is 17.6 Å². The van der Waals surface area contributed by atoms with Gasteiger partial charge in [-0.15, -0.1) is 24.0 Å². The molecule has 1 aliphatic carbocycles. The molecule has 5 nitrogen and oxygen atoms in total. The maximum atomic E-state index is 14.0. The van der Waals surface area contributed by atoms with E-state index < -0.39 is 11.6 Å². The Balaban J connectivity index is 0.00000261. The summed E-state index contributed by atoms with van der Waals surface area (Å²) in [5.41, 5.74) is 0.0622. The molecule has 1 atom stereocenters. The highest BCUT2D eigenvalue weighted by molar-refractivity contribution is 14.0. The van der Waals surface area contributed by atoms with Crippen molar-refractivity contribution in [3.8, 4) is 0 Å². The molecule has 1 unspecified atom stereocenters. The highest BCUT2D eigenvalue weighted by Gasteiger charge is 2.27. The summed E-state index contributed by atoms with van der Waals surface area (Å²) in [6.07, 6.45) is 3.37. The van der Waals surface area contributed by atoms with Gasteiger partial charge in [0.15, 0.2) is 5.96 Å². The highest BCUT2D eigenvalue weighted by Crippen LogP contribution is 2.28. The predicted molar refractivity (Wildman–Crippen MR) is 115 cm³/mol. The summed E-state index contributed by atoms with van der Waals surface area (Å²) < 4.78 is 33.5. The van der Waals surface area contributed by atoms with Gasteiger partial charge in [-0.2, -0.15) is 0 Å². The number of ether oxygens (including phenoxy) is 1. The number of hydrogen-bond acceptors (Lipinski definition) is 3. The quantitative estimate of drug-likeness (QED) is 0.253. The van der Waals surface area contributed by atoms with Gasteiger partial charge in [-0.25, -0.2) is 8.78 Å². The first kappa shape index (κ1) is 22.1. The van der Waals surface area contributed by atoms with Crippen LogP contribution in [0.4, 0.5) is 14.5 Å². The Hall–Kier alpha value is -1.16. The van der Waals surface area contributed by atoms with Crippen molar-refractivity contribution in [2.75, 3.05) is 44.3 Å². The van der Waals surface area contributed by atoms with Gasteiger partial charge in [0.25, 0.3) is 0 Å². The Morgan fingerprint density at radius 3 is 2.67 bits per heavy atom. The van der Waals surface area contributed by atoms with Crippen LogP contribution in [0.3, 0.4) is 0 Å². The fourth-order valence-corrected chi connectivity index (χ4v) is 3.14. The molecule has 27 heavy (non-hydrogen) atoms. The average Bonchev–Trinajstić information content (AvgIpc) is 3.33. The minimum atomic E-state index is -0.515. The van der Waals surface area contributed by atoms with Gasteiger partial charge in [-0.05, 0) is 44.2 Å². The lowest BCUT2D eigenvalue weighted by atomic mass is 10.2. The molecule has 1 saturated carbocycles. The van der Waals surface area contributed by atoms with Gasteiger partial charge >= 0.3 is 0 Å². The smallest absolute Gasteiger partial charge is 0.191 e. The van der Waals surface area contributed by atoms with Gasteiger partial charge in [0, 0.05) is 32.3 Å². The number of halogens is 3. The third-order valence-corrected chi connectivity index (χ3v) is 4.68. The van der Waals surface area contributed by atoms with Gasteiger partial charge in [-0.3, -0.25) is 4.99 Å². The van der Waals surface area contributed by atoms with Gasteiger partial charge in [0.05, 0.1) is 13.2 Å². The van der Waals surface area contributed by atoms with Crippen molar-refractivity contribution in [2.45, 2.75) is 32.2 Å². The molecule has 0 bridgehead atoms. The lowest BCUT2D eigenvalue weighted by molar-refractivity contribution is 0.131. The van der Waals surface area contributed by atoms with Gasteiger partial charge < -0.3 is 20.3 Å². The molecule has 1 heterocycles. The molecular weight excluding hydrogens is 465 g/mol. The van der Waals surface area contributed by atoms with E-state index in [1.807, 2.05) is 6.92 Å². The number of benzene rings is 1. The topological polar surface area (TPSA) is 48.9 Å². The third-order valence-electron chi connectivity index (χ3n) is 4.68. The summed E-state index contributed by atoms with van der Waals surface area (Å²) in [7, 11) is 0.